The van der Waals surface area contributed by atoms with E-state index in [1.165, 1.54) is 0 Å². The van der Waals surface area contributed by atoms with E-state index in [-0.39, 0.29) is 12.0 Å². The maximum atomic E-state index is 13.0. The van der Waals surface area contributed by atoms with Crippen molar-refractivity contribution in [3.05, 3.63) is 60.2 Å². The van der Waals surface area contributed by atoms with Gasteiger partial charge in [-0.05, 0) is 62.9 Å². The average Bonchev–Trinajstić information content (AvgIpc) is 3.04. The predicted octanol–water partition coefficient (Wildman–Crippen LogP) is 3.84. The fourth-order valence-electron chi connectivity index (χ4n) is 5.52. The van der Waals surface area contributed by atoms with Crippen LogP contribution < -0.4 is 9.47 Å². The van der Waals surface area contributed by atoms with Crippen LogP contribution in [0.4, 0.5) is 0 Å². The molecule has 0 saturated carbocycles. The van der Waals surface area contributed by atoms with Crippen molar-refractivity contribution in [1.29, 1.82) is 0 Å². The Kier molecular flexibility index (Phi) is 5.38. The van der Waals surface area contributed by atoms with Crippen molar-refractivity contribution < 1.29 is 14.3 Å². The number of benzene rings is 2. The van der Waals surface area contributed by atoms with Gasteiger partial charge in [0.1, 0.15) is 12.7 Å². The summed E-state index contributed by atoms with van der Waals surface area (Å²) < 4.78 is 12.0. The van der Waals surface area contributed by atoms with E-state index in [0.717, 1.165) is 55.8 Å². The van der Waals surface area contributed by atoms with Crippen LogP contribution in [0.15, 0.2) is 54.6 Å². The average molecular weight is 407 g/mol. The Morgan fingerprint density at radius 3 is 2.37 bits per heavy atom. The summed E-state index contributed by atoms with van der Waals surface area (Å²) >= 11 is 0. The number of carbonyl (C=O) groups excluding carboxylic acids is 1. The third-order valence-electron chi connectivity index (χ3n) is 6.74. The molecule has 158 valence electrons. The minimum absolute atomic E-state index is 0.0568. The highest BCUT2D eigenvalue weighted by Gasteiger charge is 2.43. The van der Waals surface area contributed by atoms with Crippen LogP contribution in [0, 0.1) is 5.92 Å². The SMILES string of the molecule is CN(CC1CC2CCC(C1)N2C(=O)c1ccccc1)CC1COc2ccccc2O1. The summed E-state index contributed by atoms with van der Waals surface area (Å²) in [7, 11) is 2.17. The van der Waals surface area contributed by atoms with Gasteiger partial charge in [-0.15, -0.1) is 0 Å². The van der Waals surface area contributed by atoms with Gasteiger partial charge in [0.05, 0.1) is 0 Å². The van der Waals surface area contributed by atoms with Gasteiger partial charge in [-0.3, -0.25) is 4.79 Å². The second kappa shape index (κ2) is 8.31. The number of rotatable bonds is 5. The first kappa shape index (κ1) is 19.4. The third-order valence-corrected chi connectivity index (χ3v) is 6.74. The molecule has 3 aliphatic rings. The highest BCUT2D eigenvalue weighted by molar-refractivity contribution is 5.94. The zero-order valence-electron chi connectivity index (χ0n) is 17.6. The molecule has 0 aliphatic carbocycles. The summed E-state index contributed by atoms with van der Waals surface area (Å²) in [5.41, 5.74) is 0.819. The number of hydrogen-bond acceptors (Lipinski definition) is 4. The van der Waals surface area contributed by atoms with E-state index in [2.05, 4.69) is 16.8 Å². The van der Waals surface area contributed by atoms with E-state index in [9.17, 15) is 4.79 Å². The first-order valence-corrected chi connectivity index (χ1v) is 11.1. The number of piperidine rings is 1. The largest absolute Gasteiger partial charge is 0.486 e. The first-order chi connectivity index (χ1) is 14.7. The van der Waals surface area contributed by atoms with Crippen molar-refractivity contribution in [3.63, 3.8) is 0 Å². The molecule has 0 spiro atoms. The molecule has 5 nitrogen and oxygen atoms in total. The van der Waals surface area contributed by atoms with E-state index in [1.54, 1.807) is 0 Å². The number of amides is 1. The fraction of sp³-hybridized carbons (Fsp3) is 0.480. The summed E-state index contributed by atoms with van der Waals surface area (Å²) in [5, 5.41) is 0. The van der Waals surface area contributed by atoms with Crippen molar-refractivity contribution in [1.82, 2.24) is 9.80 Å². The van der Waals surface area contributed by atoms with E-state index in [4.69, 9.17) is 9.47 Å². The van der Waals surface area contributed by atoms with Gasteiger partial charge in [0.25, 0.3) is 5.91 Å². The molecule has 0 radical (unpaired) electrons. The van der Waals surface area contributed by atoms with E-state index < -0.39 is 0 Å². The van der Waals surface area contributed by atoms with Crippen molar-refractivity contribution in [2.24, 2.45) is 5.92 Å². The number of nitrogens with zero attached hydrogens (tertiary/aromatic N) is 2. The Balaban J connectivity index is 1.16. The van der Waals surface area contributed by atoms with E-state index in [0.29, 0.717) is 24.6 Å². The van der Waals surface area contributed by atoms with Gasteiger partial charge in [0.15, 0.2) is 11.5 Å². The van der Waals surface area contributed by atoms with E-state index >= 15 is 0 Å². The molecule has 2 aromatic carbocycles. The Morgan fingerprint density at radius 2 is 1.63 bits per heavy atom. The molecule has 0 N–H and O–H groups in total. The van der Waals surface area contributed by atoms with Crippen LogP contribution in [0.1, 0.15) is 36.0 Å². The molecule has 2 bridgehead atoms. The number of ether oxygens (including phenoxy) is 2. The molecule has 30 heavy (non-hydrogen) atoms. The topological polar surface area (TPSA) is 42.0 Å². The van der Waals surface area contributed by atoms with Crippen LogP contribution in [0.5, 0.6) is 11.5 Å². The number of para-hydroxylation sites is 2. The predicted molar refractivity (Wildman–Crippen MR) is 116 cm³/mol. The van der Waals surface area contributed by atoms with Crippen LogP contribution >= 0.6 is 0 Å². The van der Waals surface area contributed by atoms with Crippen LogP contribution in [0.2, 0.25) is 0 Å². The van der Waals surface area contributed by atoms with Crippen LogP contribution in [-0.2, 0) is 0 Å². The highest BCUT2D eigenvalue weighted by atomic mass is 16.6. The smallest absolute Gasteiger partial charge is 0.254 e. The second-order valence-electron chi connectivity index (χ2n) is 9.02. The summed E-state index contributed by atoms with van der Waals surface area (Å²) in [6, 6.07) is 18.4. The highest BCUT2D eigenvalue weighted by Crippen LogP contribution is 2.40. The quantitative estimate of drug-likeness (QED) is 0.757. The number of likely N-dealkylation sites (N-methyl/N-ethyl adjacent to an activating group) is 1. The van der Waals surface area contributed by atoms with Crippen molar-refractivity contribution in [3.8, 4) is 11.5 Å². The molecule has 5 rings (SSSR count). The molecule has 2 aromatic rings. The van der Waals surface area contributed by atoms with Crippen molar-refractivity contribution in [2.75, 3.05) is 26.7 Å². The molecule has 3 aliphatic heterocycles. The van der Waals surface area contributed by atoms with Crippen LogP contribution in [0.3, 0.4) is 0 Å². The normalized spacial score (nSPS) is 27.3. The maximum Gasteiger partial charge on any atom is 0.254 e. The van der Waals surface area contributed by atoms with Gasteiger partial charge in [0.2, 0.25) is 0 Å². The molecule has 2 fully saturated rings. The molecule has 2 saturated heterocycles. The molecule has 3 atom stereocenters. The Morgan fingerprint density at radius 1 is 0.967 bits per heavy atom. The molecule has 1 amide bonds. The van der Waals surface area contributed by atoms with Crippen LogP contribution in [-0.4, -0.2) is 60.6 Å². The van der Waals surface area contributed by atoms with Gasteiger partial charge in [-0.1, -0.05) is 30.3 Å². The molecule has 5 heteroatoms. The van der Waals surface area contributed by atoms with Gasteiger partial charge in [0, 0.05) is 30.7 Å². The van der Waals surface area contributed by atoms with Crippen molar-refractivity contribution in [2.45, 2.75) is 43.9 Å². The summed E-state index contributed by atoms with van der Waals surface area (Å²) in [4.78, 5) is 17.6. The first-order valence-electron chi connectivity index (χ1n) is 11.1. The molecule has 0 aromatic heterocycles. The minimum atomic E-state index is 0.0568. The lowest BCUT2D eigenvalue weighted by Gasteiger charge is -2.40. The number of fused-ring (bicyclic) bond motifs is 3. The van der Waals surface area contributed by atoms with Gasteiger partial charge < -0.3 is 19.3 Å². The minimum Gasteiger partial charge on any atom is -0.486 e. The van der Waals surface area contributed by atoms with Gasteiger partial charge >= 0.3 is 0 Å². The molecular formula is C25H30N2O3. The Labute approximate surface area is 178 Å². The lowest BCUT2D eigenvalue weighted by molar-refractivity contribution is 0.0407. The Bertz CT molecular complexity index is 873. The third kappa shape index (κ3) is 3.91. The summed E-state index contributed by atoms with van der Waals surface area (Å²) in [6.45, 7) is 2.49. The van der Waals surface area contributed by atoms with Crippen molar-refractivity contribution >= 4 is 5.91 Å². The summed E-state index contributed by atoms with van der Waals surface area (Å²) in [5.74, 6) is 2.52. The molecular weight excluding hydrogens is 376 g/mol. The second-order valence-corrected chi connectivity index (χ2v) is 9.02. The lowest BCUT2D eigenvalue weighted by Crippen LogP contribution is -2.49. The summed E-state index contributed by atoms with van der Waals surface area (Å²) in [6.07, 6.45) is 4.54. The van der Waals surface area contributed by atoms with Gasteiger partial charge in [-0.2, -0.15) is 0 Å². The zero-order chi connectivity index (χ0) is 20.5. The Hall–Kier alpha value is -2.53. The standard InChI is InChI=1S/C25H30N2O3/c1-26(16-22-17-29-23-9-5-6-10-24(23)30-22)15-18-13-20-11-12-21(14-18)27(20)25(28)19-7-3-2-4-8-19/h2-10,18,20-22H,11-17H2,1H3. The molecule has 3 heterocycles. The van der Waals surface area contributed by atoms with E-state index in [1.807, 2.05) is 54.6 Å². The zero-order valence-corrected chi connectivity index (χ0v) is 17.6. The fourth-order valence-corrected chi connectivity index (χ4v) is 5.52. The maximum absolute atomic E-state index is 13.0. The lowest BCUT2D eigenvalue weighted by atomic mass is 9.89. The van der Waals surface area contributed by atoms with Gasteiger partial charge in [-0.25, -0.2) is 0 Å². The molecule has 3 unspecified atom stereocenters. The number of carbonyl (C=O) groups is 1. The number of hydrogen-bond donors (Lipinski definition) is 0. The van der Waals surface area contributed by atoms with Crippen LogP contribution in [0.25, 0.3) is 0 Å². The monoisotopic (exact) mass is 406 g/mol.